The molecule has 3 rings (SSSR count). The predicted octanol–water partition coefficient (Wildman–Crippen LogP) is 2.24. The van der Waals surface area contributed by atoms with Crippen LogP contribution < -0.4 is 9.21 Å². The molecule has 2 aromatic carbocycles. The number of esters is 1. The fraction of sp³-hybridized carbons (Fsp3) is 0.435. The van der Waals surface area contributed by atoms with E-state index in [-0.39, 0.29) is 12.3 Å². The second-order valence-corrected chi connectivity index (χ2v) is 10.1. The number of likely N-dealkylation sites (N-methyl/N-ethyl adjacent to an activating group) is 1. The number of nitrogens with one attached hydrogen (secondary N) is 1. The maximum Gasteiger partial charge on any atom is 0.337 e. The van der Waals surface area contributed by atoms with E-state index in [0.717, 1.165) is 42.8 Å². The van der Waals surface area contributed by atoms with E-state index >= 15 is 0 Å². The van der Waals surface area contributed by atoms with Crippen molar-refractivity contribution in [2.45, 2.75) is 13.0 Å². The number of hydrogen-bond acceptors (Lipinski definition) is 5. The molecule has 1 heterocycles. The molecule has 0 unspecified atom stereocenters. The van der Waals surface area contributed by atoms with E-state index in [2.05, 4.69) is 45.7 Å². The number of piperazine rings is 1. The molecule has 1 aliphatic heterocycles. The molecule has 1 fully saturated rings. The third-order valence-corrected chi connectivity index (χ3v) is 7.40. The Hall–Kier alpha value is -2.26. The monoisotopic (exact) mass is 446 g/mol. The van der Waals surface area contributed by atoms with Crippen molar-refractivity contribution in [2.24, 2.45) is 0 Å². The molecule has 1 N–H and O–H groups in total. The maximum atomic E-state index is 12.6. The first-order valence-corrected chi connectivity index (χ1v) is 12.2. The van der Waals surface area contributed by atoms with Gasteiger partial charge in [-0.25, -0.2) is 17.9 Å². The summed E-state index contributed by atoms with van der Waals surface area (Å²) in [4.78, 5) is 13.8. The van der Waals surface area contributed by atoms with E-state index in [4.69, 9.17) is 0 Å². The number of rotatable bonds is 9. The summed E-state index contributed by atoms with van der Waals surface area (Å²) in [6.45, 7) is 4.98. The maximum absolute atomic E-state index is 12.6. The molecule has 0 spiro atoms. The first-order chi connectivity index (χ1) is 14.8. The third kappa shape index (κ3) is 6.36. The van der Waals surface area contributed by atoms with Crippen molar-refractivity contribution in [1.29, 1.82) is 0 Å². The largest absolute Gasteiger partial charge is 0.465 e. The standard InChI is InChI=1S/C23H32N3O4S/c1-25-13-16-26(17-14-25,22-7-4-3-5-8-22)15-6-18-31(28,29)24-19-20-9-11-21(12-10-20)23(27)30-2/h3-5,7-12,24H,6,13-19H2,1-2H3/q+1. The Balaban J connectivity index is 1.55. The minimum absolute atomic E-state index is 0.0932. The second kappa shape index (κ2) is 10.4. The average molecular weight is 447 g/mol. The van der Waals surface area contributed by atoms with Crippen molar-refractivity contribution >= 4 is 21.7 Å². The van der Waals surface area contributed by atoms with Crippen LogP contribution in [0, 0.1) is 0 Å². The van der Waals surface area contributed by atoms with Crippen LogP contribution in [0.25, 0.3) is 0 Å². The molecule has 0 aromatic heterocycles. The first-order valence-electron chi connectivity index (χ1n) is 10.6. The van der Waals surface area contributed by atoms with Gasteiger partial charge in [-0.1, -0.05) is 30.3 Å². The van der Waals surface area contributed by atoms with E-state index in [1.165, 1.54) is 12.8 Å². The van der Waals surface area contributed by atoms with Gasteiger partial charge in [-0.15, -0.1) is 0 Å². The molecule has 0 atom stereocenters. The van der Waals surface area contributed by atoms with Crippen LogP contribution in [0.5, 0.6) is 0 Å². The molecule has 1 aliphatic rings. The predicted molar refractivity (Wildman–Crippen MR) is 123 cm³/mol. The number of methoxy groups -OCH3 is 1. The lowest BCUT2D eigenvalue weighted by molar-refractivity contribution is 0.0600. The zero-order valence-corrected chi connectivity index (χ0v) is 19.1. The summed E-state index contributed by atoms with van der Waals surface area (Å²) < 4.78 is 33.3. The van der Waals surface area contributed by atoms with Gasteiger partial charge in [-0.3, -0.25) is 9.38 Å². The topological polar surface area (TPSA) is 75.7 Å². The van der Waals surface area contributed by atoms with Gasteiger partial charge in [-0.05, 0) is 36.9 Å². The number of ether oxygens (including phenoxy) is 1. The Morgan fingerprint density at radius 2 is 1.71 bits per heavy atom. The van der Waals surface area contributed by atoms with Gasteiger partial charge in [0.05, 0.1) is 38.1 Å². The summed E-state index contributed by atoms with van der Waals surface area (Å²) in [6, 6.07) is 17.2. The Bertz CT molecular complexity index is 954. The number of quaternary nitrogens is 1. The van der Waals surface area contributed by atoms with Gasteiger partial charge in [0, 0.05) is 26.1 Å². The van der Waals surface area contributed by atoms with Crippen molar-refractivity contribution in [2.75, 3.05) is 52.6 Å². The highest BCUT2D eigenvalue weighted by atomic mass is 32.2. The Kier molecular flexibility index (Phi) is 7.83. The van der Waals surface area contributed by atoms with Gasteiger partial charge in [-0.2, -0.15) is 0 Å². The first kappa shape index (κ1) is 23.4. The zero-order valence-electron chi connectivity index (χ0n) is 18.3. The van der Waals surface area contributed by atoms with Gasteiger partial charge in [0.15, 0.2) is 0 Å². The average Bonchev–Trinajstić information content (AvgIpc) is 2.79. The number of hydrogen-bond donors (Lipinski definition) is 1. The van der Waals surface area contributed by atoms with Crippen LogP contribution in [-0.2, 0) is 21.3 Å². The van der Waals surface area contributed by atoms with E-state index in [1.807, 2.05) is 6.07 Å². The number of carbonyl (C=O) groups excluding carboxylic acids is 1. The number of nitrogens with zero attached hydrogens (tertiary/aromatic N) is 2. The lowest BCUT2D eigenvalue weighted by Gasteiger charge is -2.43. The van der Waals surface area contributed by atoms with Crippen molar-refractivity contribution in [3.63, 3.8) is 0 Å². The molecule has 31 heavy (non-hydrogen) atoms. The van der Waals surface area contributed by atoms with E-state index < -0.39 is 16.0 Å². The van der Waals surface area contributed by atoms with E-state index in [9.17, 15) is 13.2 Å². The Labute approximate surface area is 185 Å². The fourth-order valence-electron chi connectivity index (χ4n) is 4.00. The summed E-state index contributed by atoms with van der Waals surface area (Å²) in [7, 11) is 0.0664. The minimum atomic E-state index is -3.39. The van der Waals surface area contributed by atoms with Crippen molar-refractivity contribution < 1.29 is 17.9 Å². The summed E-state index contributed by atoms with van der Waals surface area (Å²) in [5.41, 5.74) is 2.49. The van der Waals surface area contributed by atoms with Crippen molar-refractivity contribution in [3.05, 3.63) is 65.7 Å². The molecule has 1 saturated heterocycles. The number of para-hydroxylation sites is 1. The zero-order chi connectivity index (χ0) is 22.3. The molecule has 0 radical (unpaired) electrons. The molecule has 2 aromatic rings. The minimum Gasteiger partial charge on any atom is -0.465 e. The van der Waals surface area contributed by atoms with Crippen LogP contribution in [-0.4, -0.2) is 71.9 Å². The molecular formula is C23H32N3O4S+. The summed E-state index contributed by atoms with van der Waals surface area (Å²) in [5.74, 6) is -0.317. The van der Waals surface area contributed by atoms with Gasteiger partial charge in [0.25, 0.3) is 0 Å². The van der Waals surface area contributed by atoms with Crippen LogP contribution in [0.2, 0.25) is 0 Å². The number of carbonyl (C=O) groups is 1. The fourth-order valence-corrected chi connectivity index (χ4v) is 5.04. The highest BCUT2D eigenvalue weighted by Gasteiger charge is 2.34. The van der Waals surface area contributed by atoms with E-state index in [0.29, 0.717) is 12.0 Å². The Morgan fingerprint density at radius 1 is 1.06 bits per heavy atom. The van der Waals surface area contributed by atoms with Gasteiger partial charge in [0.1, 0.15) is 5.69 Å². The molecule has 0 amide bonds. The number of sulfonamides is 1. The highest BCUT2D eigenvalue weighted by Crippen LogP contribution is 2.25. The lowest BCUT2D eigenvalue weighted by atomic mass is 10.1. The molecule has 0 saturated carbocycles. The highest BCUT2D eigenvalue weighted by molar-refractivity contribution is 7.89. The summed E-state index contributed by atoms with van der Waals surface area (Å²) in [6.07, 6.45) is 0.592. The summed E-state index contributed by atoms with van der Waals surface area (Å²) in [5, 5.41) is 0. The molecule has 0 aliphatic carbocycles. The SMILES string of the molecule is COC(=O)c1ccc(CNS(=O)(=O)CCC[N+]2(c3ccccc3)CCN(C)CC2)cc1. The molecule has 7 nitrogen and oxygen atoms in total. The lowest BCUT2D eigenvalue weighted by Crippen LogP contribution is -2.60. The summed E-state index contributed by atoms with van der Waals surface area (Å²) >= 11 is 0. The number of benzene rings is 2. The van der Waals surface area contributed by atoms with Crippen LogP contribution in [0.15, 0.2) is 54.6 Å². The van der Waals surface area contributed by atoms with Crippen molar-refractivity contribution in [3.8, 4) is 0 Å². The van der Waals surface area contributed by atoms with Crippen LogP contribution >= 0.6 is 0 Å². The van der Waals surface area contributed by atoms with Crippen LogP contribution in [0.3, 0.4) is 0 Å². The van der Waals surface area contributed by atoms with Crippen LogP contribution in [0.1, 0.15) is 22.3 Å². The van der Waals surface area contributed by atoms with E-state index in [1.54, 1.807) is 24.3 Å². The normalized spacial score (nSPS) is 16.7. The smallest absolute Gasteiger partial charge is 0.337 e. The molecular weight excluding hydrogens is 414 g/mol. The third-order valence-electron chi connectivity index (χ3n) is 5.99. The molecule has 0 bridgehead atoms. The molecule has 168 valence electrons. The van der Waals surface area contributed by atoms with Crippen LogP contribution in [0.4, 0.5) is 5.69 Å². The molecule has 8 heteroatoms. The van der Waals surface area contributed by atoms with Gasteiger partial charge < -0.3 is 4.74 Å². The Morgan fingerprint density at radius 3 is 2.32 bits per heavy atom. The van der Waals surface area contributed by atoms with Gasteiger partial charge >= 0.3 is 5.97 Å². The quantitative estimate of drug-likeness (QED) is 0.472. The van der Waals surface area contributed by atoms with Crippen molar-refractivity contribution in [1.82, 2.24) is 14.1 Å². The van der Waals surface area contributed by atoms with Gasteiger partial charge in [0.2, 0.25) is 10.0 Å². The second-order valence-electron chi connectivity index (χ2n) is 8.14.